The van der Waals surface area contributed by atoms with E-state index < -0.39 is 0 Å². The Labute approximate surface area is 130 Å². The number of ketones is 1. The van der Waals surface area contributed by atoms with Gasteiger partial charge in [0.2, 0.25) is 5.78 Å². The summed E-state index contributed by atoms with van der Waals surface area (Å²) in [5.74, 6) is -0.525. The first kappa shape index (κ1) is 14.4. The highest BCUT2D eigenvalue weighted by molar-refractivity contribution is 7.08. The molecule has 0 radical (unpaired) electrons. The van der Waals surface area contributed by atoms with E-state index in [0.717, 1.165) is 11.5 Å². The summed E-state index contributed by atoms with van der Waals surface area (Å²) in [7, 11) is 0. The molecule has 3 nitrogen and oxygen atoms in total. The summed E-state index contributed by atoms with van der Waals surface area (Å²) in [4.78, 5) is 24.7. The number of rotatable bonds is 4. The average molecular weight is 313 g/mol. The fourth-order valence-electron chi connectivity index (χ4n) is 2.12. The molecule has 0 N–H and O–H groups in total. The lowest BCUT2D eigenvalue weighted by Crippen LogP contribution is -2.12. The van der Waals surface area contributed by atoms with Crippen LogP contribution < -0.4 is 5.56 Å². The van der Waals surface area contributed by atoms with Gasteiger partial charge in [-0.25, -0.2) is 4.39 Å². The monoisotopic (exact) mass is 313 g/mol. The summed E-state index contributed by atoms with van der Waals surface area (Å²) in [6, 6.07) is 16.2. The van der Waals surface area contributed by atoms with E-state index in [4.69, 9.17) is 0 Å². The molecule has 0 fully saturated rings. The van der Waals surface area contributed by atoms with E-state index in [-0.39, 0.29) is 23.7 Å². The Kier molecular flexibility index (Phi) is 3.98. The molecule has 0 aliphatic rings. The molecule has 110 valence electrons. The third-order valence-electron chi connectivity index (χ3n) is 3.18. The molecule has 0 bridgehead atoms. The third-order valence-corrected chi connectivity index (χ3v) is 4.21. The fraction of sp³-hybridized carbons (Fsp3) is 0.0588. The SMILES string of the molecule is O=C(c1ccccc1)c1cc(=O)n(Cc2cccc(F)c2)s1. The van der Waals surface area contributed by atoms with Crippen molar-refractivity contribution in [1.82, 2.24) is 3.96 Å². The summed E-state index contributed by atoms with van der Waals surface area (Å²) < 4.78 is 14.6. The molecule has 1 aromatic heterocycles. The van der Waals surface area contributed by atoms with Gasteiger partial charge in [0.25, 0.3) is 5.56 Å². The Hall–Kier alpha value is -2.53. The van der Waals surface area contributed by atoms with Crippen LogP contribution in [0.3, 0.4) is 0 Å². The van der Waals surface area contributed by atoms with Crippen LogP contribution in [0, 0.1) is 5.82 Å². The zero-order chi connectivity index (χ0) is 15.5. The zero-order valence-corrected chi connectivity index (χ0v) is 12.3. The number of hydrogen-bond acceptors (Lipinski definition) is 3. The minimum atomic E-state index is -0.345. The first-order chi connectivity index (χ1) is 10.6. The maximum absolute atomic E-state index is 13.2. The molecule has 1 heterocycles. The molecular weight excluding hydrogens is 301 g/mol. The highest BCUT2D eigenvalue weighted by atomic mass is 32.1. The van der Waals surface area contributed by atoms with Gasteiger partial charge >= 0.3 is 0 Å². The second-order valence-corrected chi connectivity index (χ2v) is 5.86. The van der Waals surface area contributed by atoms with Crippen molar-refractivity contribution in [2.45, 2.75) is 6.54 Å². The van der Waals surface area contributed by atoms with E-state index in [9.17, 15) is 14.0 Å². The average Bonchev–Trinajstić information content (AvgIpc) is 2.88. The normalized spacial score (nSPS) is 10.6. The molecular formula is C17H12FNO2S. The first-order valence-electron chi connectivity index (χ1n) is 6.69. The van der Waals surface area contributed by atoms with Gasteiger partial charge in [-0.15, -0.1) is 0 Å². The maximum Gasteiger partial charge on any atom is 0.261 e. The summed E-state index contributed by atoms with van der Waals surface area (Å²) in [5.41, 5.74) is 0.970. The minimum absolute atomic E-state index is 0.180. The smallest absolute Gasteiger partial charge is 0.261 e. The van der Waals surface area contributed by atoms with Crippen molar-refractivity contribution in [2.24, 2.45) is 0 Å². The van der Waals surface area contributed by atoms with Crippen molar-refractivity contribution in [1.29, 1.82) is 0 Å². The minimum Gasteiger partial charge on any atom is -0.288 e. The summed E-state index contributed by atoms with van der Waals surface area (Å²) >= 11 is 1.10. The van der Waals surface area contributed by atoms with Gasteiger partial charge in [0.1, 0.15) is 5.82 Å². The van der Waals surface area contributed by atoms with Gasteiger partial charge in [-0.3, -0.25) is 13.5 Å². The number of nitrogens with zero attached hydrogens (tertiary/aromatic N) is 1. The zero-order valence-electron chi connectivity index (χ0n) is 11.5. The Balaban J connectivity index is 1.88. The maximum atomic E-state index is 13.2. The highest BCUT2D eigenvalue weighted by Crippen LogP contribution is 2.14. The van der Waals surface area contributed by atoms with Gasteiger partial charge in [-0.2, -0.15) is 0 Å². The number of halogens is 1. The standard InChI is InChI=1S/C17H12FNO2S/c18-14-8-4-5-12(9-14)11-19-16(20)10-15(22-19)17(21)13-6-2-1-3-7-13/h1-10H,11H2. The lowest BCUT2D eigenvalue weighted by molar-refractivity contribution is 0.104. The van der Waals surface area contributed by atoms with Crippen LogP contribution in [0.5, 0.6) is 0 Å². The molecule has 2 aromatic carbocycles. The van der Waals surface area contributed by atoms with E-state index in [1.54, 1.807) is 36.4 Å². The van der Waals surface area contributed by atoms with Crippen molar-refractivity contribution in [3.8, 4) is 0 Å². The van der Waals surface area contributed by atoms with Gasteiger partial charge < -0.3 is 0 Å². The van der Waals surface area contributed by atoms with Crippen molar-refractivity contribution in [2.75, 3.05) is 0 Å². The van der Waals surface area contributed by atoms with E-state index in [1.807, 2.05) is 6.07 Å². The summed E-state index contributed by atoms with van der Waals surface area (Å²) in [6.45, 7) is 0.253. The molecule has 0 saturated heterocycles. The molecule has 0 atom stereocenters. The Morgan fingerprint density at radius 3 is 2.55 bits per heavy atom. The second kappa shape index (κ2) is 6.07. The molecule has 0 unspecified atom stereocenters. The van der Waals surface area contributed by atoms with Crippen molar-refractivity contribution >= 4 is 17.3 Å². The lowest BCUT2D eigenvalue weighted by Gasteiger charge is -2.01. The van der Waals surface area contributed by atoms with Gasteiger partial charge in [0.15, 0.2) is 0 Å². The van der Waals surface area contributed by atoms with Crippen LogP contribution in [0.25, 0.3) is 0 Å². The van der Waals surface area contributed by atoms with Crippen molar-refractivity contribution < 1.29 is 9.18 Å². The van der Waals surface area contributed by atoms with Crippen LogP contribution in [0.2, 0.25) is 0 Å². The predicted octanol–water partition coefficient (Wildman–Crippen LogP) is 3.33. The molecule has 0 amide bonds. The Bertz CT molecular complexity index is 868. The fourth-order valence-corrected chi connectivity index (χ4v) is 3.07. The molecule has 0 aliphatic carbocycles. The largest absolute Gasteiger partial charge is 0.288 e. The molecule has 0 aliphatic heterocycles. The third kappa shape index (κ3) is 3.04. The molecule has 5 heteroatoms. The number of aromatic nitrogens is 1. The van der Waals surface area contributed by atoms with E-state index in [2.05, 4.69) is 0 Å². The second-order valence-electron chi connectivity index (χ2n) is 4.80. The van der Waals surface area contributed by atoms with Crippen LogP contribution in [0.15, 0.2) is 65.5 Å². The first-order valence-corrected chi connectivity index (χ1v) is 7.46. The number of carbonyl (C=O) groups is 1. The predicted molar refractivity (Wildman–Crippen MR) is 84.0 cm³/mol. The molecule has 0 saturated carbocycles. The number of carbonyl (C=O) groups excluding carboxylic acids is 1. The topological polar surface area (TPSA) is 39.1 Å². The molecule has 22 heavy (non-hydrogen) atoms. The van der Waals surface area contributed by atoms with Gasteiger partial charge in [-0.05, 0) is 17.7 Å². The Morgan fingerprint density at radius 1 is 1.05 bits per heavy atom. The summed E-state index contributed by atoms with van der Waals surface area (Å²) in [5, 5.41) is 0. The van der Waals surface area contributed by atoms with Gasteiger partial charge in [0.05, 0.1) is 11.4 Å². The van der Waals surface area contributed by atoms with Crippen molar-refractivity contribution in [3.05, 3.63) is 92.8 Å². The Morgan fingerprint density at radius 2 is 1.82 bits per heavy atom. The van der Waals surface area contributed by atoms with E-state index >= 15 is 0 Å². The van der Waals surface area contributed by atoms with Crippen LogP contribution in [-0.2, 0) is 6.54 Å². The van der Waals surface area contributed by atoms with E-state index in [1.165, 1.54) is 22.2 Å². The highest BCUT2D eigenvalue weighted by Gasteiger charge is 2.14. The van der Waals surface area contributed by atoms with Gasteiger partial charge in [-0.1, -0.05) is 54.0 Å². The molecule has 3 aromatic rings. The van der Waals surface area contributed by atoms with Crippen LogP contribution >= 0.6 is 11.5 Å². The van der Waals surface area contributed by atoms with Crippen LogP contribution in [-0.4, -0.2) is 9.74 Å². The van der Waals surface area contributed by atoms with Gasteiger partial charge in [0, 0.05) is 11.6 Å². The lowest BCUT2D eigenvalue weighted by atomic mass is 10.1. The van der Waals surface area contributed by atoms with E-state index in [0.29, 0.717) is 16.0 Å². The molecule has 0 spiro atoms. The molecule has 3 rings (SSSR count). The van der Waals surface area contributed by atoms with Crippen LogP contribution in [0.1, 0.15) is 20.8 Å². The van der Waals surface area contributed by atoms with Crippen LogP contribution in [0.4, 0.5) is 4.39 Å². The number of hydrogen-bond donors (Lipinski definition) is 0. The summed E-state index contributed by atoms with van der Waals surface area (Å²) in [6.07, 6.45) is 0. The quantitative estimate of drug-likeness (QED) is 0.693. The number of benzene rings is 2. The van der Waals surface area contributed by atoms with Crippen molar-refractivity contribution in [3.63, 3.8) is 0 Å².